The van der Waals surface area contributed by atoms with Gasteiger partial charge in [0, 0.05) is 18.3 Å². The van der Waals surface area contributed by atoms with Crippen LogP contribution in [0.3, 0.4) is 0 Å². The Labute approximate surface area is 138 Å². The van der Waals surface area contributed by atoms with Crippen molar-refractivity contribution in [3.63, 3.8) is 0 Å². The number of H-pyrrole nitrogens is 1. The van der Waals surface area contributed by atoms with Crippen molar-refractivity contribution in [3.05, 3.63) is 34.1 Å². The van der Waals surface area contributed by atoms with Crippen molar-refractivity contribution in [2.24, 2.45) is 11.8 Å². The Morgan fingerprint density at radius 3 is 2.42 bits per heavy atom. The van der Waals surface area contributed by atoms with E-state index in [1.807, 2.05) is 0 Å². The van der Waals surface area contributed by atoms with E-state index in [0.717, 1.165) is 12.8 Å². The fourth-order valence-electron chi connectivity index (χ4n) is 2.64. The lowest BCUT2D eigenvalue weighted by molar-refractivity contribution is 0.0695. The molecule has 1 heterocycles. The average Bonchev–Trinajstić information content (AvgIpc) is 3.45. The van der Waals surface area contributed by atoms with Gasteiger partial charge in [-0.25, -0.2) is 4.79 Å². The minimum absolute atomic E-state index is 0.273. The molecule has 2 aromatic rings. The largest absolute Gasteiger partial charge is 0.493 e. The van der Waals surface area contributed by atoms with Crippen molar-refractivity contribution >= 4 is 16.9 Å². The highest BCUT2D eigenvalue weighted by Gasteiger charge is 2.25. The molecule has 2 fully saturated rings. The van der Waals surface area contributed by atoms with Crippen LogP contribution in [0, 0.1) is 11.8 Å². The molecule has 1 aromatic heterocycles. The van der Waals surface area contributed by atoms with Crippen molar-refractivity contribution in [1.29, 1.82) is 0 Å². The topological polar surface area (TPSA) is 88.6 Å². The SMILES string of the molecule is O=C(O)c1c[nH]c2cc(OCC3CC3)cc(OCC3CC3)c2c1=O. The van der Waals surface area contributed by atoms with Crippen LogP contribution in [0.25, 0.3) is 10.9 Å². The number of aromatic amines is 1. The summed E-state index contributed by atoms with van der Waals surface area (Å²) in [5.41, 5.74) is -0.287. The number of rotatable bonds is 7. The number of fused-ring (bicyclic) bond motifs is 1. The molecule has 0 amide bonds. The number of carboxylic acid groups (broad SMARTS) is 1. The molecule has 1 aromatic carbocycles. The zero-order chi connectivity index (χ0) is 16.7. The molecule has 0 atom stereocenters. The van der Waals surface area contributed by atoms with Gasteiger partial charge in [0.2, 0.25) is 5.43 Å². The van der Waals surface area contributed by atoms with Crippen LogP contribution >= 0.6 is 0 Å². The van der Waals surface area contributed by atoms with E-state index in [-0.39, 0.29) is 10.9 Å². The molecule has 2 saturated carbocycles. The van der Waals surface area contributed by atoms with Gasteiger partial charge in [0.25, 0.3) is 0 Å². The number of carboxylic acids is 1. The first-order chi connectivity index (χ1) is 11.6. The zero-order valence-electron chi connectivity index (χ0n) is 13.2. The van der Waals surface area contributed by atoms with Crippen molar-refractivity contribution in [2.75, 3.05) is 13.2 Å². The summed E-state index contributed by atoms with van der Waals surface area (Å²) in [6.07, 6.45) is 5.87. The minimum Gasteiger partial charge on any atom is -0.493 e. The third kappa shape index (κ3) is 3.09. The van der Waals surface area contributed by atoms with Gasteiger partial charge in [0.1, 0.15) is 17.1 Å². The molecular weight excluding hydrogens is 310 g/mol. The Morgan fingerprint density at radius 1 is 1.12 bits per heavy atom. The molecule has 2 aliphatic carbocycles. The Balaban J connectivity index is 1.75. The molecule has 0 saturated heterocycles. The Morgan fingerprint density at radius 2 is 1.79 bits per heavy atom. The normalized spacial score (nSPS) is 17.0. The standard InChI is InChI=1S/C18H19NO5/c20-17-13(18(21)22)7-19-14-5-12(23-8-10-1-2-10)6-15(16(14)17)24-9-11-3-4-11/h5-7,10-11H,1-4,8-9H2,(H,19,20)(H,21,22). The van der Waals surface area contributed by atoms with Crippen LogP contribution in [-0.2, 0) is 0 Å². The second-order valence-electron chi connectivity index (χ2n) is 6.69. The summed E-state index contributed by atoms with van der Waals surface area (Å²) < 4.78 is 11.6. The van der Waals surface area contributed by atoms with Gasteiger partial charge in [-0.3, -0.25) is 4.79 Å². The molecule has 24 heavy (non-hydrogen) atoms. The molecule has 0 aliphatic heterocycles. The molecule has 0 radical (unpaired) electrons. The summed E-state index contributed by atoms with van der Waals surface area (Å²) in [6.45, 7) is 1.20. The first-order valence-electron chi connectivity index (χ1n) is 8.30. The van der Waals surface area contributed by atoms with Gasteiger partial charge in [0.15, 0.2) is 0 Å². The average molecular weight is 329 g/mol. The number of nitrogens with one attached hydrogen (secondary N) is 1. The summed E-state index contributed by atoms with van der Waals surface area (Å²) in [5, 5.41) is 9.44. The van der Waals surface area contributed by atoms with E-state index in [1.54, 1.807) is 12.1 Å². The predicted octanol–water partition coefficient (Wildman–Crippen LogP) is 2.80. The monoisotopic (exact) mass is 329 g/mol. The smallest absolute Gasteiger partial charge is 0.341 e. The second kappa shape index (κ2) is 5.85. The Bertz CT molecular complexity index is 848. The summed E-state index contributed by atoms with van der Waals surface area (Å²) >= 11 is 0. The van der Waals surface area contributed by atoms with Gasteiger partial charge in [0.05, 0.1) is 24.1 Å². The third-order valence-corrected chi connectivity index (χ3v) is 4.50. The minimum atomic E-state index is -1.25. The summed E-state index contributed by atoms with van der Waals surface area (Å²) in [5.74, 6) is 0.927. The molecule has 6 nitrogen and oxygen atoms in total. The second-order valence-corrected chi connectivity index (χ2v) is 6.69. The van der Waals surface area contributed by atoms with Crippen molar-refractivity contribution in [2.45, 2.75) is 25.7 Å². The van der Waals surface area contributed by atoms with E-state index in [2.05, 4.69) is 4.98 Å². The quantitative estimate of drug-likeness (QED) is 0.815. The number of aromatic nitrogens is 1. The molecule has 6 heteroatoms. The maximum absolute atomic E-state index is 12.5. The summed E-state index contributed by atoms with van der Waals surface area (Å²) in [6, 6.07) is 3.43. The zero-order valence-corrected chi connectivity index (χ0v) is 13.2. The number of carbonyl (C=O) groups is 1. The fourth-order valence-corrected chi connectivity index (χ4v) is 2.64. The van der Waals surface area contributed by atoms with E-state index >= 15 is 0 Å². The van der Waals surface area contributed by atoms with Crippen LogP contribution in [0.5, 0.6) is 11.5 Å². The van der Waals surface area contributed by atoms with E-state index in [4.69, 9.17) is 14.6 Å². The highest BCUT2D eigenvalue weighted by molar-refractivity contribution is 5.95. The van der Waals surface area contributed by atoms with Crippen LogP contribution in [0.2, 0.25) is 0 Å². The highest BCUT2D eigenvalue weighted by atomic mass is 16.5. The molecule has 4 rings (SSSR count). The predicted molar refractivity (Wildman–Crippen MR) is 88.0 cm³/mol. The lowest BCUT2D eigenvalue weighted by Gasteiger charge is -2.12. The third-order valence-electron chi connectivity index (χ3n) is 4.50. The summed E-state index contributed by atoms with van der Waals surface area (Å²) in [4.78, 5) is 26.6. The molecule has 0 unspecified atom stereocenters. The van der Waals surface area contributed by atoms with Gasteiger partial charge in [-0.2, -0.15) is 0 Å². The fraction of sp³-hybridized carbons (Fsp3) is 0.444. The van der Waals surface area contributed by atoms with Gasteiger partial charge in [-0.15, -0.1) is 0 Å². The number of aromatic carboxylic acids is 1. The van der Waals surface area contributed by atoms with Crippen LogP contribution in [0.1, 0.15) is 36.0 Å². The van der Waals surface area contributed by atoms with Gasteiger partial charge in [-0.1, -0.05) is 0 Å². The maximum Gasteiger partial charge on any atom is 0.341 e. The Hall–Kier alpha value is -2.50. The molecule has 0 spiro atoms. The van der Waals surface area contributed by atoms with Crippen molar-refractivity contribution in [3.8, 4) is 11.5 Å². The van der Waals surface area contributed by atoms with Crippen LogP contribution in [-0.4, -0.2) is 29.3 Å². The van der Waals surface area contributed by atoms with Crippen LogP contribution in [0.4, 0.5) is 0 Å². The molecular formula is C18H19NO5. The van der Waals surface area contributed by atoms with Gasteiger partial charge in [-0.05, 0) is 37.5 Å². The molecule has 2 aliphatic rings. The number of ether oxygens (including phenoxy) is 2. The number of benzene rings is 1. The first kappa shape index (κ1) is 15.1. The summed E-state index contributed by atoms with van der Waals surface area (Å²) in [7, 11) is 0. The molecule has 0 bridgehead atoms. The lowest BCUT2D eigenvalue weighted by atomic mass is 10.1. The maximum atomic E-state index is 12.5. The lowest BCUT2D eigenvalue weighted by Crippen LogP contribution is -2.16. The van der Waals surface area contributed by atoms with E-state index in [9.17, 15) is 9.59 Å². The van der Waals surface area contributed by atoms with Gasteiger partial charge >= 0.3 is 5.97 Å². The molecule has 126 valence electrons. The van der Waals surface area contributed by atoms with Crippen molar-refractivity contribution in [1.82, 2.24) is 4.98 Å². The highest BCUT2D eigenvalue weighted by Crippen LogP contribution is 2.34. The van der Waals surface area contributed by atoms with Crippen LogP contribution in [0.15, 0.2) is 23.1 Å². The van der Waals surface area contributed by atoms with Crippen molar-refractivity contribution < 1.29 is 19.4 Å². The van der Waals surface area contributed by atoms with Crippen LogP contribution < -0.4 is 14.9 Å². The molecule has 2 N–H and O–H groups in total. The Kier molecular flexibility index (Phi) is 3.67. The van der Waals surface area contributed by atoms with Gasteiger partial charge < -0.3 is 19.6 Å². The van der Waals surface area contributed by atoms with E-state index in [0.29, 0.717) is 42.1 Å². The van der Waals surface area contributed by atoms with E-state index < -0.39 is 11.4 Å². The van der Waals surface area contributed by atoms with E-state index in [1.165, 1.54) is 19.0 Å². The number of pyridine rings is 1. The number of hydrogen-bond donors (Lipinski definition) is 2. The number of hydrogen-bond acceptors (Lipinski definition) is 4. The first-order valence-corrected chi connectivity index (χ1v) is 8.30.